The van der Waals surface area contributed by atoms with Gasteiger partial charge in [-0.15, -0.1) is 5.10 Å². The Labute approximate surface area is 194 Å². The Bertz CT molecular complexity index is 1140. The maximum absolute atomic E-state index is 13.6. The molecule has 4 rings (SSSR count). The zero-order valence-electron chi connectivity index (χ0n) is 16.4. The highest BCUT2D eigenvalue weighted by atomic mass is 35.5. The number of benzene rings is 2. The quantitative estimate of drug-likeness (QED) is 0.457. The Morgan fingerprint density at radius 2 is 1.73 bits per heavy atom. The molecule has 176 valence electrons. The fraction of sp³-hybridized carbons (Fsp3) is 0.300. The molecule has 2 aromatic carbocycles. The fourth-order valence-electron chi connectivity index (χ4n) is 3.42. The molecule has 0 radical (unpaired) electrons. The summed E-state index contributed by atoms with van der Waals surface area (Å²) in [5.41, 5.74) is -0.169. The van der Waals surface area contributed by atoms with Gasteiger partial charge in [0.1, 0.15) is 35.8 Å². The van der Waals surface area contributed by atoms with E-state index in [-0.39, 0.29) is 27.1 Å². The highest BCUT2D eigenvalue weighted by Gasteiger charge is 2.47. The van der Waals surface area contributed by atoms with Crippen molar-refractivity contribution in [3.8, 4) is 17.0 Å². The van der Waals surface area contributed by atoms with Crippen molar-refractivity contribution >= 4 is 23.2 Å². The first-order chi connectivity index (χ1) is 15.7. The highest BCUT2D eigenvalue weighted by Crippen LogP contribution is 2.34. The third-order valence-corrected chi connectivity index (χ3v) is 5.83. The van der Waals surface area contributed by atoms with Crippen LogP contribution in [-0.2, 0) is 4.74 Å². The summed E-state index contributed by atoms with van der Waals surface area (Å²) in [6.07, 6.45) is -4.36. The minimum Gasteiger partial charge on any atom is -0.462 e. The minimum absolute atomic E-state index is 0.0545. The predicted molar refractivity (Wildman–Crippen MR) is 109 cm³/mol. The third kappa shape index (κ3) is 4.65. The van der Waals surface area contributed by atoms with Crippen LogP contribution in [0.3, 0.4) is 0 Å². The van der Waals surface area contributed by atoms with Gasteiger partial charge in [0.05, 0.1) is 22.8 Å². The van der Waals surface area contributed by atoms with E-state index in [1.54, 1.807) is 0 Å². The molecule has 5 unspecified atom stereocenters. The van der Waals surface area contributed by atoms with Gasteiger partial charge < -0.3 is 24.8 Å². The van der Waals surface area contributed by atoms with Crippen LogP contribution >= 0.6 is 23.2 Å². The molecule has 3 N–H and O–H groups in total. The van der Waals surface area contributed by atoms with Crippen molar-refractivity contribution in [2.45, 2.75) is 30.6 Å². The lowest BCUT2D eigenvalue weighted by molar-refractivity contribution is -0.260. The molecule has 1 aromatic heterocycles. The predicted octanol–water partition coefficient (Wildman–Crippen LogP) is 2.73. The number of aromatic nitrogens is 3. The summed E-state index contributed by atoms with van der Waals surface area (Å²) in [5.74, 6) is -4.27. The van der Waals surface area contributed by atoms with Crippen LogP contribution in [0.1, 0.15) is 6.04 Å². The molecule has 1 aliphatic rings. The van der Waals surface area contributed by atoms with E-state index in [9.17, 15) is 28.5 Å². The monoisotopic (exact) mass is 505 g/mol. The van der Waals surface area contributed by atoms with Crippen molar-refractivity contribution in [1.82, 2.24) is 15.0 Å². The number of hydrogen-bond acceptors (Lipinski definition) is 7. The lowest BCUT2D eigenvalue weighted by Crippen LogP contribution is -2.57. The van der Waals surface area contributed by atoms with Crippen molar-refractivity contribution in [3.63, 3.8) is 0 Å². The fourth-order valence-corrected chi connectivity index (χ4v) is 3.71. The Morgan fingerprint density at radius 3 is 2.36 bits per heavy atom. The second-order valence-electron chi connectivity index (χ2n) is 7.23. The van der Waals surface area contributed by atoms with Crippen molar-refractivity contribution in [1.29, 1.82) is 0 Å². The van der Waals surface area contributed by atoms with Crippen molar-refractivity contribution < 1.29 is 38.0 Å². The summed E-state index contributed by atoms with van der Waals surface area (Å²) in [4.78, 5) is 0. The lowest BCUT2D eigenvalue weighted by Gasteiger charge is -2.41. The lowest BCUT2D eigenvalue weighted by atomic mass is 9.96. The van der Waals surface area contributed by atoms with Crippen LogP contribution in [0.25, 0.3) is 11.3 Å². The number of nitrogens with zero attached hydrogens (tertiary/aromatic N) is 3. The normalized spacial score (nSPS) is 25.3. The summed E-state index contributed by atoms with van der Waals surface area (Å²) < 4.78 is 52.6. The number of rotatable bonds is 5. The summed E-state index contributed by atoms with van der Waals surface area (Å²) in [7, 11) is 0. The molecular formula is C20H16Cl2F3N3O5. The first-order valence-electron chi connectivity index (χ1n) is 9.50. The maximum atomic E-state index is 13.6. The van der Waals surface area contributed by atoms with Gasteiger partial charge in [0, 0.05) is 11.6 Å². The first kappa shape index (κ1) is 23.7. The second-order valence-corrected chi connectivity index (χ2v) is 8.04. The molecule has 0 amide bonds. The number of hydrogen-bond donors (Lipinski definition) is 3. The Balaban J connectivity index is 1.63. The van der Waals surface area contributed by atoms with E-state index in [1.165, 1.54) is 24.4 Å². The molecule has 0 saturated carbocycles. The zero-order valence-corrected chi connectivity index (χ0v) is 18.0. The van der Waals surface area contributed by atoms with Crippen LogP contribution in [0.15, 0.2) is 36.5 Å². The molecule has 33 heavy (non-hydrogen) atoms. The molecule has 0 spiro atoms. The topological polar surface area (TPSA) is 110 Å². The van der Waals surface area contributed by atoms with Gasteiger partial charge in [0.15, 0.2) is 17.5 Å². The Kier molecular flexibility index (Phi) is 6.80. The summed E-state index contributed by atoms with van der Waals surface area (Å²) in [5, 5.41) is 39.2. The number of aliphatic hydroxyl groups is 3. The van der Waals surface area contributed by atoms with E-state index in [4.69, 9.17) is 32.7 Å². The van der Waals surface area contributed by atoms with Crippen LogP contribution in [0.2, 0.25) is 10.0 Å². The first-order valence-corrected chi connectivity index (χ1v) is 10.3. The van der Waals surface area contributed by atoms with Crippen molar-refractivity contribution in [2.75, 3.05) is 6.61 Å². The molecule has 2 heterocycles. The highest BCUT2D eigenvalue weighted by molar-refractivity contribution is 6.42. The standard InChI is InChI=1S/C20H16Cl2F3N3O5/c21-10-2-1-9(5-11(10)22)32-20-19(31)17(18(30)15(7-29)33-20)28-6-14(26-27-28)8-3-12(23)16(25)13(24)4-8/h1-6,15,17-20,29-31H,7H2. The molecule has 1 fully saturated rings. The minimum atomic E-state index is -1.63. The van der Waals surface area contributed by atoms with E-state index in [0.29, 0.717) is 0 Å². The largest absolute Gasteiger partial charge is 0.462 e. The maximum Gasteiger partial charge on any atom is 0.228 e. The van der Waals surface area contributed by atoms with Crippen molar-refractivity contribution in [2.24, 2.45) is 0 Å². The van der Waals surface area contributed by atoms with Gasteiger partial charge in [-0.1, -0.05) is 28.4 Å². The zero-order chi connectivity index (χ0) is 23.9. The Hall–Kier alpha value is -2.41. The van der Waals surface area contributed by atoms with E-state index >= 15 is 0 Å². The van der Waals surface area contributed by atoms with Gasteiger partial charge >= 0.3 is 0 Å². The van der Waals surface area contributed by atoms with Gasteiger partial charge in [-0.2, -0.15) is 0 Å². The second kappa shape index (κ2) is 9.45. The van der Waals surface area contributed by atoms with Crippen LogP contribution in [0, 0.1) is 17.5 Å². The SMILES string of the molecule is OCC1OC(Oc2ccc(Cl)c(Cl)c2)C(O)C(n2cc(-c3cc(F)c(F)c(F)c3)nn2)C1O. The van der Waals surface area contributed by atoms with Crippen LogP contribution in [0.5, 0.6) is 5.75 Å². The van der Waals surface area contributed by atoms with Gasteiger partial charge in [-0.05, 0) is 24.3 Å². The summed E-state index contributed by atoms with van der Waals surface area (Å²) >= 11 is 11.9. The molecular weight excluding hydrogens is 490 g/mol. The van der Waals surface area contributed by atoms with E-state index in [2.05, 4.69) is 10.3 Å². The molecule has 1 aliphatic heterocycles. The molecule has 0 aliphatic carbocycles. The van der Waals surface area contributed by atoms with Gasteiger partial charge in [0.25, 0.3) is 0 Å². The molecule has 0 bridgehead atoms. The number of ether oxygens (including phenoxy) is 2. The van der Waals surface area contributed by atoms with Crippen molar-refractivity contribution in [3.05, 3.63) is 64.0 Å². The van der Waals surface area contributed by atoms with E-state index in [0.717, 1.165) is 16.8 Å². The number of halogens is 5. The average molecular weight is 506 g/mol. The molecule has 8 nitrogen and oxygen atoms in total. The van der Waals surface area contributed by atoms with Gasteiger partial charge in [-0.25, -0.2) is 17.9 Å². The molecule has 3 aromatic rings. The third-order valence-electron chi connectivity index (χ3n) is 5.09. The van der Waals surface area contributed by atoms with Gasteiger partial charge in [0.2, 0.25) is 6.29 Å². The average Bonchev–Trinajstić information content (AvgIpc) is 3.26. The summed E-state index contributed by atoms with van der Waals surface area (Å²) in [6, 6.07) is 4.56. The molecule has 5 atom stereocenters. The van der Waals surface area contributed by atoms with Crippen LogP contribution in [0.4, 0.5) is 13.2 Å². The number of aliphatic hydroxyl groups excluding tert-OH is 3. The Morgan fingerprint density at radius 1 is 1.03 bits per heavy atom. The van der Waals surface area contributed by atoms with Gasteiger partial charge in [-0.3, -0.25) is 0 Å². The van der Waals surface area contributed by atoms with Crippen LogP contribution in [-0.4, -0.2) is 61.5 Å². The van der Waals surface area contributed by atoms with E-state index < -0.39 is 54.7 Å². The smallest absolute Gasteiger partial charge is 0.228 e. The van der Waals surface area contributed by atoms with Crippen LogP contribution < -0.4 is 4.74 Å². The summed E-state index contributed by atoms with van der Waals surface area (Å²) in [6.45, 7) is -0.623. The molecule has 1 saturated heterocycles. The molecule has 13 heteroatoms. The van der Waals surface area contributed by atoms with E-state index in [1.807, 2.05) is 0 Å².